The van der Waals surface area contributed by atoms with Crippen LogP contribution in [0.15, 0.2) is 0 Å². The zero-order valence-electron chi connectivity index (χ0n) is 20.2. The number of carbonyl (C=O) groups excluding carboxylic acids is 1. The minimum absolute atomic E-state index is 0.392. The van der Waals surface area contributed by atoms with Gasteiger partial charge in [-0.05, 0) is 0 Å². The second kappa shape index (κ2) is 12.1. The highest BCUT2D eigenvalue weighted by atomic mass is 16.6. The summed E-state index contributed by atoms with van der Waals surface area (Å²) in [6.45, 7) is -2.52. The van der Waals surface area contributed by atoms with E-state index in [2.05, 4.69) is 0 Å². The van der Waals surface area contributed by atoms with Crippen molar-refractivity contribution in [2.24, 2.45) is 0 Å². The first-order chi connectivity index (χ1) is 18.1. The van der Waals surface area contributed by atoms with Crippen molar-refractivity contribution in [3.63, 3.8) is 0 Å². The van der Waals surface area contributed by atoms with Gasteiger partial charge in [-0.2, -0.15) is 0 Å². The highest BCUT2D eigenvalue weighted by molar-refractivity contribution is 5.90. The standard InChI is InChI=1S/C21H33O18/c22-2-6-11(27)13(29)15(31)18(38-6)20(34)5-37-7(3-23)17(33)21(20,35)19-16(32)14(30)12(28)8(39-19)4-36-10(26)1-9(24)25/h5-8,11-19,22-23,27-35H,1-4H2,(H,24,25)/t6-,7-,8+,11-,12+,13+,14-,15-,16+,17-,18-,19?,20-,21-/m1/s1. The summed E-state index contributed by atoms with van der Waals surface area (Å²) in [6.07, 6.45) is -26.1. The molecule has 0 spiro atoms. The third kappa shape index (κ3) is 5.51. The van der Waals surface area contributed by atoms with Gasteiger partial charge in [-0.15, -0.1) is 0 Å². The molecular formula is C21H33O18. The number of hydrogen-bond donors (Lipinski definition) is 12. The zero-order valence-corrected chi connectivity index (χ0v) is 20.2. The summed E-state index contributed by atoms with van der Waals surface area (Å²) in [5, 5.41) is 125. The molecule has 1 unspecified atom stereocenters. The zero-order chi connectivity index (χ0) is 29.4. The molecule has 3 rings (SSSR count). The number of carboxylic acid groups (broad SMARTS) is 1. The predicted octanol–water partition coefficient (Wildman–Crippen LogP) is -7.93. The molecule has 18 nitrogen and oxygen atoms in total. The third-order valence-corrected chi connectivity index (χ3v) is 7.22. The van der Waals surface area contributed by atoms with Gasteiger partial charge in [0.1, 0.15) is 92.9 Å². The molecule has 3 fully saturated rings. The van der Waals surface area contributed by atoms with Crippen LogP contribution in [0.4, 0.5) is 0 Å². The molecule has 14 atom stereocenters. The van der Waals surface area contributed by atoms with Gasteiger partial charge in [-0.1, -0.05) is 0 Å². The molecule has 3 heterocycles. The average Bonchev–Trinajstić information content (AvgIpc) is 2.88. The Bertz CT molecular complexity index is 872. The van der Waals surface area contributed by atoms with Crippen LogP contribution in [0.1, 0.15) is 6.42 Å². The lowest BCUT2D eigenvalue weighted by Gasteiger charge is -2.60. The van der Waals surface area contributed by atoms with Gasteiger partial charge < -0.3 is 80.2 Å². The third-order valence-electron chi connectivity index (χ3n) is 7.22. The largest absolute Gasteiger partial charge is 0.481 e. The highest BCUT2D eigenvalue weighted by Crippen LogP contribution is 2.48. The maximum atomic E-state index is 11.9. The molecule has 0 aromatic heterocycles. The van der Waals surface area contributed by atoms with Crippen molar-refractivity contribution in [1.29, 1.82) is 0 Å². The average molecular weight is 573 g/mol. The van der Waals surface area contributed by atoms with Gasteiger partial charge in [0, 0.05) is 0 Å². The van der Waals surface area contributed by atoms with Crippen LogP contribution < -0.4 is 0 Å². The van der Waals surface area contributed by atoms with E-state index in [-0.39, 0.29) is 0 Å². The Morgan fingerprint density at radius 3 is 1.79 bits per heavy atom. The first kappa shape index (κ1) is 31.9. The van der Waals surface area contributed by atoms with E-state index in [1.807, 2.05) is 0 Å². The van der Waals surface area contributed by atoms with Crippen LogP contribution >= 0.6 is 0 Å². The summed E-state index contributed by atoms with van der Waals surface area (Å²) < 4.78 is 20.6. The first-order valence-corrected chi connectivity index (χ1v) is 11.8. The summed E-state index contributed by atoms with van der Waals surface area (Å²) in [6, 6.07) is 0. The molecule has 0 amide bonds. The van der Waals surface area contributed by atoms with E-state index in [1.165, 1.54) is 0 Å². The van der Waals surface area contributed by atoms with Crippen molar-refractivity contribution < 1.29 is 89.8 Å². The first-order valence-electron chi connectivity index (χ1n) is 11.8. The molecule has 0 aromatic rings. The van der Waals surface area contributed by atoms with Crippen molar-refractivity contribution >= 4 is 11.9 Å². The van der Waals surface area contributed by atoms with E-state index in [1.54, 1.807) is 0 Å². The van der Waals surface area contributed by atoms with Gasteiger partial charge in [0.05, 0.1) is 13.2 Å². The number of aliphatic carboxylic acids is 1. The van der Waals surface area contributed by atoms with Crippen molar-refractivity contribution in [3.05, 3.63) is 6.61 Å². The molecule has 0 bridgehead atoms. The molecule has 18 heteroatoms. The number of ether oxygens (including phenoxy) is 4. The van der Waals surface area contributed by atoms with Crippen LogP contribution in [-0.2, 0) is 28.5 Å². The van der Waals surface area contributed by atoms with Crippen LogP contribution in [0.2, 0.25) is 0 Å². The number of aliphatic hydroxyl groups is 11. The lowest BCUT2D eigenvalue weighted by molar-refractivity contribution is -0.379. The number of aliphatic hydroxyl groups excluding tert-OH is 9. The van der Waals surface area contributed by atoms with Gasteiger partial charge in [0.15, 0.2) is 11.2 Å². The van der Waals surface area contributed by atoms with E-state index in [9.17, 15) is 65.8 Å². The summed E-state index contributed by atoms with van der Waals surface area (Å²) in [4.78, 5) is 22.3. The number of rotatable bonds is 8. The van der Waals surface area contributed by atoms with Gasteiger partial charge in [-0.3, -0.25) is 9.59 Å². The van der Waals surface area contributed by atoms with Crippen LogP contribution in [0, 0.1) is 6.61 Å². The van der Waals surface area contributed by atoms with Crippen LogP contribution in [-0.4, -0.2) is 177 Å². The molecule has 12 N–H and O–H groups in total. The minimum Gasteiger partial charge on any atom is -0.481 e. The molecule has 0 saturated carbocycles. The summed E-state index contributed by atoms with van der Waals surface area (Å²) in [5.74, 6) is -2.83. The Kier molecular flexibility index (Phi) is 9.89. The van der Waals surface area contributed by atoms with Crippen molar-refractivity contribution in [2.45, 2.75) is 90.9 Å². The number of carboxylic acids is 1. The topological polar surface area (TPSA) is 314 Å². The Balaban J connectivity index is 2.03. The summed E-state index contributed by atoms with van der Waals surface area (Å²) in [5.41, 5.74) is -6.56. The Morgan fingerprint density at radius 1 is 0.744 bits per heavy atom. The molecule has 3 aliphatic rings. The molecule has 0 aliphatic carbocycles. The highest BCUT2D eigenvalue weighted by Gasteiger charge is 2.73. The van der Waals surface area contributed by atoms with Crippen LogP contribution in [0.5, 0.6) is 0 Å². The summed E-state index contributed by atoms with van der Waals surface area (Å²) >= 11 is 0. The van der Waals surface area contributed by atoms with Crippen LogP contribution in [0.3, 0.4) is 0 Å². The van der Waals surface area contributed by atoms with Crippen LogP contribution in [0.25, 0.3) is 0 Å². The van der Waals surface area contributed by atoms with E-state index in [0.717, 1.165) is 0 Å². The minimum atomic E-state index is -3.34. The normalized spacial score (nSPS) is 48.9. The number of carbonyl (C=O) groups is 2. The quantitative estimate of drug-likeness (QED) is 0.0947. The van der Waals surface area contributed by atoms with Gasteiger partial charge >= 0.3 is 11.9 Å². The molecule has 0 aromatic carbocycles. The van der Waals surface area contributed by atoms with E-state index in [0.29, 0.717) is 6.61 Å². The fraction of sp³-hybridized carbons (Fsp3) is 0.857. The van der Waals surface area contributed by atoms with Gasteiger partial charge in [-0.25, -0.2) is 0 Å². The van der Waals surface area contributed by atoms with E-state index < -0.39 is 123 Å². The Hall–Kier alpha value is -1.62. The molecular weight excluding hydrogens is 540 g/mol. The Morgan fingerprint density at radius 2 is 1.26 bits per heavy atom. The Labute approximate surface area is 219 Å². The van der Waals surface area contributed by atoms with Gasteiger partial charge in [0.25, 0.3) is 0 Å². The van der Waals surface area contributed by atoms with Crippen molar-refractivity contribution in [2.75, 3.05) is 19.8 Å². The monoisotopic (exact) mass is 573 g/mol. The van der Waals surface area contributed by atoms with E-state index >= 15 is 0 Å². The number of esters is 1. The van der Waals surface area contributed by atoms with Gasteiger partial charge in [0.2, 0.25) is 0 Å². The molecule has 1 radical (unpaired) electrons. The lowest BCUT2D eigenvalue weighted by atomic mass is 9.64. The molecule has 225 valence electrons. The molecule has 3 aliphatic heterocycles. The fourth-order valence-corrected chi connectivity index (χ4v) is 4.98. The second-order valence-corrected chi connectivity index (χ2v) is 9.64. The molecule has 3 saturated heterocycles. The lowest BCUT2D eigenvalue weighted by Crippen LogP contribution is -2.83. The fourth-order valence-electron chi connectivity index (χ4n) is 4.98. The smallest absolute Gasteiger partial charge is 0.317 e. The van der Waals surface area contributed by atoms with Crippen molar-refractivity contribution in [3.8, 4) is 0 Å². The maximum absolute atomic E-state index is 11.9. The molecule has 39 heavy (non-hydrogen) atoms. The summed E-state index contributed by atoms with van der Waals surface area (Å²) in [7, 11) is 0. The maximum Gasteiger partial charge on any atom is 0.317 e. The van der Waals surface area contributed by atoms with Crippen molar-refractivity contribution in [1.82, 2.24) is 0 Å². The predicted molar refractivity (Wildman–Crippen MR) is 116 cm³/mol. The number of hydrogen-bond acceptors (Lipinski definition) is 17. The second-order valence-electron chi connectivity index (χ2n) is 9.64. The van der Waals surface area contributed by atoms with E-state index in [4.69, 9.17) is 24.1 Å². The SMILES string of the molecule is O=C(O)CC(=O)OC[C@@H]1OC([C@]2(O)[C@H](O)[C@@H](CO)O[CH][C@@]2(O)[C@@H]2O[C@H](CO)[C@@H](O)[C@H](O)[C@H]2O)[C@@H](O)[C@H](O)[C@H]1O.